The molecule has 0 bridgehead atoms. The van der Waals surface area contributed by atoms with Crippen LogP contribution in [0.3, 0.4) is 0 Å². The van der Waals surface area contributed by atoms with Crippen LogP contribution in [0.1, 0.15) is 44.9 Å². The Bertz CT molecular complexity index is 1300. The number of aliphatic hydroxyl groups excluding tert-OH is 1. The zero-order valence-corrected chi connectivity index (χ0v) is 21.2. The summed E-state index contributed by atoms with van der Waals surface area (Å²) in [7, 11) is 0. The van der Waals surface area contributed by atoms with Gasteiger partial charge >= 0.3 is 11.9 Å². The van der Waals surface area contributed by atoms with Gasteiger partial charge in [-0.05, 0) is 50.0 Å². The van der Waals surface area contributed by atoms with Crippen LogP contribution in [0.4, 0.5) is 0 Å². The lowest BCUT2D eigenvalue weighted by molar-refractivity contribution is -0.146. The molecule has 2 saturated heterocycles. The Labute approximate surface area is 220 Å². The fourth-order valence-electron chi connectivity index (χ4n) is 9.43. The van der Waals surface area contributed by atoms with Crippen molar-refractivity contribution in [2.75, 3.05) is 6.61 Å². The number of ether oxygens (including phenoxy) is 2. The lowest BCUT2D eigenvalue weighted by atomic mass is 9.56. The van der Waals surface area contributed by atoms with E-state index in [4.69, 9.17) is 9.47 Å². The predicted octanol–water partition coefficient (Wildman–Crippen LogP) is 2.15. The van der Waals surface area contributed by atoms with Gasteiger partial charge < -0.3 is 19.7 Å². The van der Waals surface area contributed by atoms with E-state index in [1.54, 1.807) is 0 Å². The third-order valence-electron chi connectivity index (χ3n) is 11.2. The second kappa shape index (κ2) is 7.63. The van der Waals surface area contributed by atoms with Crippen molar-refractivity contribution in [3.63, 3.8) is 0 Å². The van der Waals surface area contributed by atoms with E-state index >= 15 is 0 Å². The summed E-state index contributed by atoms with van der Waals surface area (Å²) in [5, 5.41) is 22.6. The molecule has 8 heteroatoms. The molecule has 7 aliphatic rings. The van der Waals surface area contributed by atoms with E-state index in [0.717, 1.165) is 5.57 Å². The first-order chi connectivity index (χ1) is 18.0. The van der Waals surface area contributed by atoms with E-state index < -0.39 is 59.5 Å². The fourth-order valence-corrected chi connectivity index (χ4v) is 9.43. The number of Topliss-reactive ketones (excluding diaryl/α,β-unsaturated/α-hetero) is 2. The van der Waals surface area contributed by atoms with Gasteiger partial charge in [-0.1, -0.05) is 25.3 Å². The molecule has 2 N–H and O–H groups in total. The molecule has 8 nitrogen and oxygen atoms in total. The Balaban J connectivity index is 1.47. The molecule has 2 heterocycles. The van der Waals surface area contributed by atoms with Crippen LogP contribution in [-0.4, -0.2) is 58.1 Å². The number of rotatable bonds is 1. The summed E-state index contributed by atoms with van der Waals surface area (Å²) in [6, 6.07) is 0. The van der Waals surface area contributed by atoms with E-state index in [9.17, 15) is 29.4 Å². The molecule has 2 aliphatic heterocycles. The number of carbonyl (C=O) groups is 4. The Hall–Kier alpha value is -2.84. The summed E-state index contributed by atoms with van der Waals surface area (Å²) in [4.78, 5) is 53.7. The van der Waals surface area contributed by atoms with Crippen molar-refractivity contribution in [1.29, 1.82) is 0 Å². The van der Waals surface area contributed by atoms with Gasteiger partial charge in [0.05, 0.1) is 23.5 Å². The van der Waals surface area contributed by atoms with Crippen molar-refractivity contribution in [2.24, 2.45) is 40.9 Å². The molecule has 0 aromatic rings. The van der Waals surface area contributed by atoms with Crippen LogP contribution in [0.15, 0.2) is 47.6 Å². The number of hydrogen-bond donors (Lipinski definition) is 2. The molecular weight excluding hydrogens is 488 g/mol. The maximum atomic E-state index is 14.3. The van der Waals surface area contributed by atoms with Crippen molar-refractivity contribution in [3.05, 3.63) is 47.6 Å². The number of carbonyl (C=O) groups excluding carboxylic acids is 4. The van der Waals surface area contributed by atoms with Crippen LogP contribution in [0.5, 0.6) is 0 Å². The quantitative estimate of drug-likeness (QED) is 0.306. The molecule has 10 atom stereocenters. The lowest BCUT2D eigenvalue weighted by Gasteiger charge is -2.47. The average molecular weight is 521 g/mol. The Morgan fingerprint density at radius 3 is 2.21 bits per heavy atom. The molecule has 0 unspecified atom stereocenters. The van der Waals surface area contributed by atoms with Crippen LogP contribution < -0.4 is 0 Å². The fraction of sp³-hybridized carbons (Fsp3) is 0.600. The highest BCUT2D eigenvalue weighted by molar-refractivity contribution is 6.10. The van der Waals surface area contributed by atoms with Gasteiger partial charge in [-0.15, -0.1) is 0 Å². The molecular formula is C30H32O8. The lowest BCUT2D eigenvalue weighted by Crippen LogP contribution is -2.51. The highest BCUT2D eigenvalue weighted by Crippen LogP contribution is 2.68. The van der Waals surface area contributed by atoms with Gasteiger partial charge in [-0.3, -0.25) is 9.59 Å². The molecule has 0 amide bonds. The zero-order valence-electron chi connectivity index (χ0n) is 21.2. The van der Waals surface area contributed by atoms with Gasteiger partial charge in [-0.2, -0.15) is 0 Å². The number of aliphatic hydroxyl groups is 2. The molecule has 3 saturated carbocycles. The van der Waals surface area contributed by atoms with Crippen molar-refractivity contribution < 1.29 is 38.9 Å². The predicted molar refractivity (Wildman–Crippen MR) is 132 cm³/mol. The molecule has 7 rings (SSSR count). The van der Waals surface area contributed by atoms with E-state index in [1.807, 2.05) is 0 Å². The van der Waals surface area contributed by atoms with Gasteiger partial charge in [-0.25, -0.2) is 9.59 Å². The molecule has 38 heavy (non-hydrogen) atoms. The first kappa shape index (κ1) is 24.2. The third kappa shape index (κ3) is 2.68. The second-order valence-corrected chi connectivity index (χ2v) is 12.5. The monoisotopic (exact) mass is 520 g/mol. The smallest absolute Gasteiger partial charge is 0.334 e. The SMILES string of the molecule is C=C1C(=O)O[C@@H]2[C@@H]3C4=C(C(=O)[C@H]3CO)[C@]3(CC[C@@]4(O)CC[C@@H]12)C(=O)C[C@H]1C(=C)CC[C@H]2C(=C)C(=O)O[C@@H]2[C@H]13. The van der Waals surface area contributed by atoms with E-state index in [2.05, 4.69) is 19.7 Å². The van der Waals surface area contributed by atoms with Crippen LogP contribution in [-0.2, 0) is 28.7 Å². The van der Waals surface area contributed by atoms with Crippen molar-refractivity contribution in [3.8, 4) is 0 Å². The summed E-state index contributed by atoms with van der Waals surface area (Å²) in [5.74, 6) is -4.57. The molecule has 0 aromatic heterocycles. The van der Waals surface area contributed by atoms with Gasteiger partial charge in [0.25, 0.3) is 0 Å². The second-order valence-electron chi connectivity index (χ2n) is 12.5. The molecule has 5 fully saturated rings. The van der Waals surface area contributed by atoms with Crippen molar-refractivity contribution in [1.82, 2.24) is 0 Å². The van der Waals surface area contributed by atoms with Gasteiger partial charge in [0.2, 0.25) is 0 Å². The molecule has 1 spiro atoms. The highest BCUT2D eigenvalue weighted by atomic mass is 16.6. The van der Waals surface area contributed by atoms with Gasteiger partial charge in [0.1, 0.15) is 18.0 Å². The zero-order chi connectivity index (χ0) is 26.9. The summed E-state index contributed by atoms with van der Waals surface area (Å²) in [5.41, 5.74) is -0.298. The van der Waals surface area contributed by atoms with Crippen molar-refractivity contribution >= 4 is 23.5 Å². The molecule has 0 radical (unpaired) electrons. The first-order valence-corrected chi connectivity index (χ1v) is 13.7. The number of esters is 2. The first-order valence-electron chi connectivity index (χ1n) is 13.7. The number of ketones is 2. The maximum Gasteiger partial charge on any atom is 0.334 e. The van der Waals surface area contributed by atoms with E-state index in [0.29, 0.717) is 42.4 Å². The Kier molecular flexibility index (Phi) is 4.86. The Morgan fingerprint density at radius 2 is 1.53 bits per heavy atom. The standard InChI is InChI=1S/C30H32O8/c1-12-4-5-15-13(2)28(35)38-26(15)21-17(12)10-19(32)30(21)9-8-29(36)7-6-16-14(3)27(34)37-25(16)20-18(11-31)24(33)23(30)22(20)29/h15-18,20-21,25-26,31,36H,1-11H2/t15-,16-,17-,18-,20-,21-,25-,26-,29-,30+/m0/s1. The van der Waals surface area contributed by atoms with Crippen LogP contribution in [0.2, 0.25) is 0 Å². The summed E-state index contributed by atoms with van der Waals surface area (Å²) in [6.45, 7) is 11.7. The number of hydrogen-bond acceptors (Lipinski definition) is 8. The third-order valence-corrected chi connectivity index (χ3v) is 11.2. The largest absolute Gasteiger partial charge is 0.458 e. The van der Waals surface area contributed by atoms with Gasteiger partial charge in [0.15, 0.2) is 5.78 Å². The minimum atomic E-state index is -1.36. The van der Waals surface area contributed by atoms with Gasteiger partial charge in [0, 0.05) is 46.8 Å². The average Bonchev–Trinajstić information content (AvgIpc) is 3.48. The summed E-state index contributed by atoms with van der Waals surface area (Å²) in [6.07, 6.45) is 1.36. The molecule has 5 aliphatic carbocycles. The number of allylic oxidation sites excluding steroid dienone is 2. The van der Waals surface area contributed by atoms with Crippen LogP contribution in [0, 0.1) is 40.9 Å². The molecule has 0 aromatic carbocycles. The summed E-state index contributed by atoms with van der Waals surface area (Å²) >= 11 is 0. The van der Waals surface area contributed by atoms with Crippen LogP contribution >= 0.6 is 0 Å². The van der Waals surface area contributed by atoms with E-state index in [1.165, 1.54) is 0 Å². The summed E-state index contributed by atoms with van der Waals surface area (Å²) < 4.78 is 11.7. The van der Waals surface area contributed by atoms with E-state index in [-0.39, 0.29) is 54.2 Å². The van der Waals surface area contributed by atoms with Crippen molar-refractivity contribution in [2.45, 2.75) is 62.8 Å². The highest BCUT2D eigenvalue weighted by Gasteiger charge is 2.71. The minimum absolute atomic E-state index is 0.105. The normalized spacial score (nSPS) is 47.5. The number of fused-ring (bicyclic) bond motifs is 7. The molecule has 200 valence electrons. The Morgan fingerprint density at radius 1 is 0.868 bits per heavy atom. The minimum Gasteiger partial charge on any atom is -0.458 e. The topological polar surface area (TPSA) is 127 Å². The van der Waals surface area contributed by atoms with Crippen LogP contribution in [0.25, 0.3) is 0 Å². The maximum absolute atomic E-state index is 14.3.